The van der Waals surface area contributed by atoms with Gasteiger partial charge in [0.25, 0.3) is 5.56 Å². The monoisotopic (exact) mass is 496 g/mol. The molecule has 0 radical (unpaired) electrons. The number of nitrogens with zero attached hydrogens (tertiary/aromatic N) is 2. The van der Waals surface area contributed by atoms with Crippen LogP contribution in [0.3, 0.4) is 0 Å². The summed E-state index contributed by atoms with van der Waals surface area (Å²) in [6.07, 6.45) is 0. The van der Waals surface area contributed by atoms with Crippen molar-refractivity contribution in [3.8, 4) is 22.9 Å². The second kappa shape index (κ2) is 9.75. The number of benzene rings is 3. The van der Waals surface area contributed by atoms with Crippen LogP contribution in [0.1, 0.15) is 10.4 Å². The highest BCUT2D eigenvalue weighted by molar-refractivity contribution is 7.99. The van der Waals surface area contributed by atoms with E-state index in [0.29, 0.717) is 52.0 Å². The summed E-state index contributed by atoms with van der Waals surface area (Å²) in [5.74, 6) is 0.899. The largest absolute Gasteiger partial charge is 0.486 e. The number of fused-ring (bicyclic) bond motifs is 2. The topological polar surface area (TPSA) is 79.7 Å². The molecule has 3 aromatic carbocycles. The number of ether oxygens (including phenoxy) is 3. The number of carbonyl (C=O) groups is 1. The Kier molecular flexibility index (Phi) is 6.37. The van der Waals surface area contributed by atoms with Crippen molar-refractivity contribution < 1.29 is 27.8 Å². The number of alkyl halides is 2. The van der Waals surface area contributed by atoms with Crippen molar-refractivity contribution in [2.24, 2.45) is 0 Å². The second-order valence-corrected chi connectivity index (χ2v) is 8.44. The summed E-state index contributed by atoms with van der Waals surface area (Å²) in [6.45, 7) is -2.09. The van der Waals surface area contributed by atoms with Gasteiger partial charge in [0.15, 0.2) is 22.4 Å². The van der Waals surface area contributed by atoms with E-state index in [9.17, 15) is 18.4 Å². The van der Waals surface area contributed by atoms with Crippen molar-refractivity contribution in [2.45, 2.75) is 11.8 Å². The van der Waals surface area contributed by atoms with E-state index in [4.69, 9.17) is 9.47 Å². The lowest BCUT2D eigenvalue weighted by Crippen LogP contribution is -2.22. The number of aromatic nitrogens is 2. The van der Waals surface area contributed by atoms with E-state index in [2.05, 4.69) is 9.72 Å². The van der Waals surface area contributed by atoms with E-state index in [-0.39, 0.29) is 22.8 Å². The zero-order valence-electron chi connectivity index (χ0n) is 18.1. The average Bonchev–Trinajstić information content (AvgIpc) is 2.87. The molecule has 7 nitrogen and oxygen atoms in total. The Balaban J connectivity index is 1.47. The van der Waals surface area contributed by atoms with E-state index >= 15 is 0 Å². The van der Waals surface area contributed by atoms with Gasteiger partial charge < -0.3 is 14.2 Å². The molecule has 1 aromatic heterocycles. The Morgan fingerprint density at radius 1 is 1.03 bits per heavy atom. The maximum absolute atomic E-state index is 13.3. The first-order chi connectivity index (χ1) is 17.0. The highest BCUT2D eigenvalue weighted by atomic mass is 32.2. The molecule has 0 atom stereocenters. The molecule has 0 fully saturated rings. The van der Waals surface area contributed by atoms with E-state index in [1.54, 1.807) is 42.5 Å². The summed E-state index contributed by atoms with van der Waals surface area (Å²) in [5, 5.41) is 0.685. The van der Waals surface area contributed by atoms with Gasteiger partial charge in [0.2, 0.25) is 0 Å². The summed E-state index contributed by atoms with van der Waals surface area (Å²) in [4.78, 5) is 30.9. The first-order valence-corrected chi connectivity index (χ1v) is 11.6. The molecule has 0 saturated carbocycles. The smallest absolute Gasteiger partial charge is 0.387 e. The highest BCUT2D eigenvalue weighted by Crippen LogP contribution is 2.31. The molecule has 0 spiro atoms. The number of halogens is 2. The van der Waals surface area contributed by atoms with Crippen molar-refractivity contribution in [2.75, 3.05) is 19.0 Å². The van der Waals surface area contributed by atoms with Crippen LogP contribution in [0.4, 0.5) is 8.78 Å². The quantitative estimate of drug-likeness (QED) is 0.208. The van der Waals surface area contributed by atoms with Crippen LogP contribution in [-0.4, -0.2) is 40.9 Å². The normalized spacial score (nSPS) is 12.7. The van der Waals surface area contributed by atoms with Gasteiger partial charge in [-0.25, -0.2) is 4.98 Å². The number of carbonyl (C=O) groups excluding carboxylic acids is 1. The van der Waals surface area contributed by atoms with Gasteiger partial charge in [0.1, 0.15) is 19.0 Å². The Hall–Kier alpha value is -3.92. The fraction of sp³-hybridized carbons (Fsp3) is 0.160. The Morgan fingerprint density at radius 2 is 1.77 bits per heavy atom. The Labute approximate surface area is 202 Å². The third-order valence-electron chi connectivity index (χ3n) is 5.26. The fourth-order valence-corrected chi connectivity index (χ4v) is 4.55. The van der Waals surface area contributed by atoms with Crippen molar-refractivity contribution in [1.29, 1.82) is 0 Å². The maximum Gasteiger partial charge on any atom is 0.387 e. The molecular formula is C25H18F2N2O5S. The van der Waals surface area contributed by atoms with Crippen molar-refractivity contribution >= 4 is 28.4 Å². The predicted molar refractivity (Wildman–Crippen MR) is 126 cm³/mol. The summed E-state index contributed by atoms with van der Waals surface area (Å²) in [7, 11) is 0. The van der Waals surface area contributed by atoms with Crippen molar-refractivity contribution in [3.05, 3.63) is 82.6 Å². The van der Waals surface area contributed by atoms with Crippen molar-refractivity contribution in [1.82, 2.24) is 9.55 Å². The summed E-state index contributed by atoms with van der Waals surface area (Å²) in [6, 6.07) is 17.5. The average molecular weight is 496 g/mol. The SMILES string of the molecule is O=C(CSc1nc2ccccc2c(=O)n1-c1ccc(OC(F)F)cc1)c1ccc2c(c1)OCCO2. The lowest BCUT2D eigenvalue weighted by molar-refractivity contribution is -0.0498. The van der Waals surface area contributed by atoms with Crippen LogP contribution in [0.5, 0.6) is 17.2 Å². The van der Waals surface area contributed by atoms with E-state index in [1.165, 1.54) is 28.8 Å². The standard InChI is InChI=1S/C25H18F2N2O5S/c26-24(27)34-17-8-6-16(7-9-17)29-23(31)18-3-1-2-4-19(18)28-25(29)35-14-20(30)15-5-10-21-22(13-15)33-12-11-32-21/h1-10,13,24H,11-12,14H2. The molecule has 5 rings (SSSR count). The molecule has 1 aliphatic heterocycles. The molecule has 0 bridgehead atoms. The number of hydrogen-bond acceptors (Lipinski definition) is 7. The number of hydrogen-bond donors (Lipinski definition) is 0. The van der Waals surface area contributed by atoms with Crippen LogP contribution in [0.15, 0.2) is 76.7 Å². The Bertz CT molecular complexity index is 1460. The number of Topliss-reactive ketones (excluding diaryl/α,β-unsaturated/α-hetero) is 1. The van der Waals surface area contributed by atoms with Crippen LogP contribution in [0.25, 0.3) is 16.6 Å². The molecule has 178 valence electrons. The molecule has 0 amide bonds. The van der Waals surface area contributed by atoms with Gasteiger partial charge in [-0.3, -0.25) is 14.2 Å². The molecule has 10 heteroatoms. The number of para-hydroxylation sites is 1. The minimum absolute atomic E-state index is 0.0109. The first kappa shape index (κ1) is 22.9. The third-order valence-corrected chi connectivity index (χ3v) is 6.20. The van der Waals surface area contributed by atoms with Gasteiger partial charge in [-0.05, 0) is 54.6 Å². The minimum atomic E-state index is -2.96. The van der Waals surface area contributed by atoms with Gasteiger partial charge in [0, 0.05) is 5.56 Å². The lowest BCUT2D eigenvalue weighted by Gasteiger charge is -2.18. The van der Waals surface area contributed by atoms with Gasteiger partial charge in [-0.15, -0.1) is 0 Å². The van der Waals surface area contributed by atoms with Crippen LogP contribution in [0.2, 0.25) is 0 Å². The molecule has 35 heavy (non-hydrogen) atoms. The van der Waals surface area contributed by atoms with Crippen LogP contribution >= 0.6 is 11.8 Å². The van der Waals surface area contributed by atoms with Gasteiger partial charge in [0.05, 0.1) is 22.3 Å². The van der Waals surface area contributed by atoms with Gasteiger partial charge >= 0.3 is 6.61 Å². The minimum Gasteiger partial charge on any atom is -0.486 e. The molecule has 0 unspecified atom stereocenters. The first-order valence-electron chi connectivity index (χ1n) is 10.6. The highest BCUT2D eigenvalue weighted by Gasteiger charge is 2.18. The summed E-state index contributed by atoms with van der Waals surface area (Å²) < 4.78 is 41.8. The molecule has 0 saturated heterocycles. The van der Waals surface area contributed by atoms with E-state index in [0.717, 1.165) is 11.8 Å². The third kappa shape index (κ3) is 4.83. The number of thioether (sulfide) groups is 1. The molecule has 0 N–H and O–H groups in total. The molecular weight excluding hydrogens is 478 g/mol. The summed E-state index contributed by atoms with van der Waals surface area (Å²) in [5.41, 5.74) is 1.00. The lowest BCUT2D eigenvalue weighted by atomic mass is 10.1. The number of rotatable bonds is 7. The fourth-order valence-electron chi connectivity index (χ4n) is 3.64. The van der Waals surface area contributed by atoms with Crippen molar-refractivity contribution in [3.63, 3.8) is 0 Å². The maximum atomic E-state index is 13.3. The second-order valence-electron chi connectivity index (χ2n) is 7.49. The van der Waals surface area contributed by atoms with Gasteiger partial charge in [-0.1, -0.05) is 23.9 Å². The molecule has 2 heterocycles. The molecule has 1 aliphatic rings. The molecule has 0 aliphatic carbocycles. The predicted octanol–water partition coefficient (Wildman–Crippen LogP) is 4.73. The van der Waals surface area contributed by atoms with Gasteiger partial charge in [-0.2, -0.15) is 8.78 Å². The van der Waals surface area contributed by atoms with Crippen LogP contribution in [0, 0.1) is 0 Å². The van der Waals surface area contributed by atoms with E-state index in [1.807, 2.05) is 0 Å². The van der Waals surface area contributed by atoms with Crippen LogP contribution < -0.4 is 19.8 Å². The van der Waals surface area contributed by atoms with Crippen LogP contribution in [-0.2, 0) is 0 Å². The zero-order chi connectivity index (χ0) is 24.4. The zero-order valence-corrected chi connectivity index (χ0v) is 19.0. The molecule has 4 aromatic rings. The number of ketones is 1. The Morgan fingerprint density at radius 3 is 2.54 bits per heavy atom. The van der Waals surface area contributed by atoms with E-state index < -0.39 is 6.61 Å². The summed E-state index contributed by atoms with van der Waals surface area (Å²) >= 11 is 1.11.